The van der Waals surface area contributed by atoms with Gasteiger partial charge in [-0.2, -0.15) is 5.26 Å². The molecule has 1 saturated heterocycles. The SMILES string of the molecule is CC1(CNc2ccc(F)cc2C#N)CCNCC1. The summed E-state index contributed by atoms with van der Waals surface area (Å²) in [6.07, 6.45) is 2.23. The summed E-state index contributed by atoms with van der Waals surface area (Å²) in [6, 6.07) is 6.31. The van der Waals surface area contributed by atoms with E-state index in [1.807, 2.05) is 6.07 Å². The molecule has 0 atom stereocenters. The Morgan fingerprint density at radius 2 is 2.17 bits per heavy atom. The molecule has 96 valence electrons. The Morgan fingerprint density at radius 3 is 2.83 bits per heavy atom. The molecule has 0 amide bonds. The van der Waals surface area contributed by atoms with Crippen LogP contribution in [0.3, 0.4) is 0 Å². The Morgan fingerprint density at radius 1 is 1.44 bits per heavy atom. The van der Waals surface area contributed by atoms with Crippen LogP contribution in [-0.2, 0) is 0 Å². The highest BCUT2D eigenvalue weighted by Gasteiger charge is 2.26. The second-order valence-corrected chi connectivity index (χ2v) is 5.22. The van der Waals surface area contributed by atoms with Gasteiger partial charge in [0.25, 0.3) is 0 Å². The van der Waals surface area contributed by atoms with Crippen LogP contribution in [0.5, 0.6) is 0 Å². The Balaban J connectivity index is 2.04. The Labute approximate surface area is 107 Å². The molecular formula is C14H18FN3. The van der Waals surface area contributed by atoms with E-state index in [4.69, 9.17) is 5.26 Å². The minimum Gasteiger partial charge on any atom is -0.383 e. The van der Waals surface area contributed by atoms with Crippen molar-refractivity contribution < 1.29 is 4.39 Å². The van der Waals surface area contributed by atoms with Gasteiger partial charge in [0, 0.05) is 6.54 Å². The number of nitrogens with one attached hydrogen (secondary N) is 2. The molecule has 0 unspecified atom stereocenters. The lowest BCUT2D eigenvalue weighted by atomic mass is 9.81. The maximum absolute atomic E-state index is 13.0. The number of hydrogen-bond acceptors (Lipinski definition) is 3. The summed E-state index contributed by atoms with van der Waals surface area (Å²) in [4.78, 5) is 0. The lowest BCUT2D eigenvalue weighted by Gasteiger charge is -2.34. The van der Waals surface area contributed by atoms with Gasteiger partial charge < -0.3 is 10.6 Å². The average Bonchev–Trinajstić information content (AvgIpc) is 2.38. The van der Waals surface area contributed by atoms with Crippen molar-refractivity contribution in [2.45, 2.75) is 19.8 Å². The Hall–Kier alpha value is -1.60. The van der Waals surface area contributed by atoms with Gasteiger partial charge in [0.1, 0.15) is 11.9 Å². The number of rotatable bonds is 3. The summed E-state index contributed by atoms with van der Waals surface area (Å²) in [5, 5.41) is 15.6. The molecule has 0 aliphatic carbocycles. The van der Waals surface area contributed by atoms with Crippen LogP contribution in [0.1, 0.15) is 25.3 Å². The van der Waals surface area contributed by atoms with Crippen molar-refractivity contribution >= 4 is 5.69 Å². The zero-order chi connectivity index (χ0) is 13.0. The van der Waals surface area contributed by atoms with Gasteiger partial charge in [0.15, 0.2) is 0 Å². The fraction of sp³-hybridized carbons (Fsp3) is 0.500. The molecule has 0 spiro atoms. The quantitative estimate of drug-likeness (QED) is 0.862. The number of piperidine rings is 1. The van der Waals surface area contributed by atoms with Crippen LogP contribution in [-0.4, -0.2) is 19.6 Å². The van der Waals surface area contributed by atoms with Crippen LogP contribution in [0.4, 0.5) is 10.1 Å². The smallest absolute Gasteiger partial charge is 0.124 e. The summed E-state index contributed by atoms with van der Waals surface area (Å²) in [6.45, 7) is 5.13. The topological polar surface area (TPSA) is 47.9 Å². The molecule has 1 heterocycles. The Kier molecular flexibility index (Phi) is 3.83. The molecule has 0 radical (unpaired) electrons. The standard InChI is InChI=1S/C14H18FN3/c1-14(4-6-17-7-5-14)10-18-13-3-2-12(15)8-11(13)9-16/h2-3,8,17-18H,4-7,10H2,1H3. The molecule has 2 rings (SSSR count). The molecule has 0 aromatic heterocycles. The maximum Gasteiger partial charge on any atom is 0.124 e. The minimum absolute atomic E-state index is 0.242. The molecule has 18 heavy (non-hydrogen) atoms. The largest absolute Gasteiger partial charge is 0.383 e. The molecule has 4 heteroatoms. The summed E-state index contributed by atoms with van der Waals surface area (Å²) in [7, 11) is 0. The first-order chi connectivity index (χ1) is 8.63. The van der Waals surface area contributed by atoms with Gasteiger partial charge in [-0.1, -0.05) is 6.92 Å². The normalized spacial score (nSPS) is 18.1. The highest BCUT2D eigenvalue weighted by molar-refractivity contribution is 5.57. The maximum atomic E-state index is 13.0. The highest BCUT2D eigenvalue weighted by atomic mass is 19.1. The van der Waals surface area contributed by atoms with Gasteiger partial charge in [-0.3, -0.25) is 0 Å². The van der Waals surface area contributed by atoms with Crippen molar-refractivity contribution in [2.24, 2.45) is 5.41 Å². The van der Waals surface area contributed by atoms with Crippen LogP contribution in [0.15, 0.2) is 18.2 Å². The first kappa shape index (κ1) is 12.8. The summed E-state index contributed by atoms with van der Waals surface area (Å²) < 4.78 is 13.0. The molecule has 2 N–H and O–H groups in total. The van der Waals surface area contributed by atoms with Gasteiger partial charge in [0.2, 0.25) is 0 Å². The van der Waals surface area contributed by atoms with Crippen LogP contribution >= 0.6 is 0 Å². The zero-order valence-corrected chi connectivity index (χ0v) is 10.6. The van der Waals surface area contributed by atoms with E-state index in [0.717, 1.165) is 38.2 Å². The first-order valence-corrected chi connectivity index (χ1v) is 6.27. The second-order valence-electron chi connectivity index (χ2n) is 5.22. The minimum atomic E-state index is -0.370. The van der Waals surface area contributed by atoms with E-state index in [9.17, 15) is 4.39 Å². The van der Waals surface area contributed by atoms with Crippen molar-refractivity contribution in [3.05, 3.63) is 29.6 Å². The van der Waals surface area contributed by atoms with E-state index in [-0.39, 0.29) is 11.2 Å². The van der Waals surface area contributed by atoms with Crippen molar-refractivity contribution in [1.29, 1.82) is 5.26 Å². The summed E-state index contributed by atoms with van der Waals surface area (Å²) >= 11 is 0. The van der Waals surface area contributed by atoms with Gasteiger partial charge in [0.05, 0.1) is 11.3 Å². The average molecular weight is 247 g/mol. The molecule has 1 aliphatic rings. The van der Waals surface area contributed by atoms with Crippen molar-refractivity contribution in [3.8, 4) is 6.07 Å². The van der Waals surface area contributed by atoms with Crippen molar-refractivity contribution in [2.75, 3.05) is 25.0 Å². The number of benzene rings is 1. The summed E-state index contributed by atoms with van der Waals surface area (Å²) in [5.74, 6) is -0.370. The predicted molar refractivity (Wildman–Crippen MR) is 69.8 cm³/mol. The first-order valence-electron chi connectivity index (χ1n) is 6.27. The molecule has 1 fully saturated rings. The van der Waals surface area contributed by atoms with E-state index in [1.54, 1.807) is 6.07 Å². The van der Waals surface area contributed by atoms with E-state index in [0.29, 0.717) is 5.56 Å². The molecule has 0 saturated carbocycles. The van der Waals surface area contributed by atoms with E-state index < -0.39 is 0 Å². The van der Waals surface area contributed by atoms with Crippen LogP contribution in [0.2, 0.25) is 0 Å². The van der Waals surface area contributed by atoms with E-state index >= 15 is 0 Å². The third-order valence-corrected chi connectivity index (χ3v) is 3.62. The van der Waals surface area contributed by atoms with Crippen LogP contribution in [0.25, 0.3) is 0 Å². The zero-order valence-electron chi connectivity index (χ0n) is 10.6. The van der Waals surface area contributed by atoms with E-state index in [2.05, 4.69) is 17.6 Å². The van der Waals surface area contributed by atoms with Gasteiger partial charge in [-0.15, -0.1) is 0 Å². The summed E-state index contributed by atoms with van der Waals surface area (Å²) in [5.41, 5.74) is 1.33. The number of nitrogens with zero attached hydrogens (tertiary/aromatic N) is 1. The fourth-order valence-corrected chi connectivity index (χ4v) is 2.28. The highest BCUT2D eigenvalue weighted by Crippen LogP contribution is 2.28. The van der Waals surface area contributed by atoms with Gasteiger partial charge in [-0.25, -0.2) is 4.39 Å². The van der Waals surface area contributed by atoms with Crippen molar-refractivity contribution in [1.82, 2.24) is 5.32 Å². The van der Waals surface area contributed by atoms with Gasteiger partial charge >= 0.3 is 0 Å². The Bertz CT molecular complexity index is 459. The molecular weight excluding hydrogens is 229 g/mol. The molecule has 0 bridgehead atoms. The lowest BCUT2D eigenvalue weighted by molar-refractivity contribution is 0.247. The van der Waals surface area contributed by atoms with Gasteiger partial charge in [-0.05, 0) is 49.5 Å². The number of anilines is 1. The van der Waals surface area contributed by atoms with Crippen molar-refractivity contribution in [3.63, 3.8) is 0 Å². The number of nitriles is 1. The fourth-order valence-electron chi connectivity index (χ4n) is 2.28. The number of halogens is 1. The van der Waals surface area contributed by atoms with E-state index in [1.165, 1.54) is 12.1 Å². The third-order valence-electron chi connectivity index (χ3n) is 3.62. The molecule has 1 aliphatic heterocycles. The van der Waals surface area contributed by atoms with Crippen LogP contribution in [0, 0.1) is 22.6 Å². The van der Waals surface area contributed by atoms with Crippen LogP contribution < -0.4 is 10.6 Å². The predicted octanol–water partition coefficient (Wildman–Crippen LogP) is 2.50. The lowest BCUT2D eigenvalue weighted by Crippen LogP contribution is -2.39. The monoisotopic (exact) mass is 247 g/mol. The molecule has 1 aromatic carbocycles. The second kappa shape index (κ2) is 5.36. The molecule has 1 aromatic rings. The molecule has 3 nitrogen and oxygen atoms in total. The number of hydrogen-bond donors (Lipinski definition) is 2. The third kappa shape index (κ3) is 2.99.